The summed E-state index contributed by atoms with van der Waals surface area (Å²) in [6, 6.07) is 6.44. The number of benzene rings is 1. The SMILES string of the molecule is O=C(CCCNC(=O)C12CC3CC(CC(C3)C1)C2)NCCc1cccc(F)c1. The van der Waals surface area contributed by atoms with Crippen LogP contribution >= 0.6 is 0 Å². The van der Waals surface area contributed by atoms with Gasteiger partial charge < -0.3 is 10.6 Å². The molecule has 0 aromatic heterocycles. The van der Waals surface area contributed by atoms with Gasteiger partial charge in [0.25, 0.3) is 0 Å². The van der Waals surface area contributed by atoms with Crippen molar-refractivity contribution in [3.05, 3.63) is 35.6 Å². The molecule has 4 saturated carbocycles. The van der Waals surface area contributed by atoms with E-state index in [1.54, 1.807) is 6.07 Å². The molecule has 5 rings (SSSR count). The second-order valence-corrected chi connectivity index (χ2v) is 9.29. The van der Waals surface area contributed by atoms with E-state index in [2.05, 4.69) is 10.6 Å². The van der Waals surface area contributed by atoms with Crippen molar-refractivity contribution in [2.75, 3.05) is 13.1 Å². The van der Waals surface area contributed by atoms with Crippen LogP contribution in [0, 0.1) is 29.0 Å². The van der Waals surface area contributed by atoms with Crippen LogP contribution in [0.5, 0.6) is 0 Å². The molecule has 4 bridgehead atoms. The quantitative estimate of drug-likeness (QED) is 0.671. The van der Waals surface area contributed by atoms with Crippen molar-refractivity contribution < 1.29 is 14.0 Å². The van der Waals surface area contributed by atoms with Gasteiger partial charge in [0.1, 0.15) is 5.82 Å². The van der Waals surface area contributed by atoms with E-state index in [4.69, 9.17) is 0 Å². The summed E-state index contributed by atoms with van der Waals surface area (Å²) in [6.07, 6.45) is 8.91. The Balaban J connectivity index is 1.13. The highest BCUT2D eigenvalue weighted by molar-refractivity contribution is 5.83. The third kappa shape index (κ3) is 4.39. The first-order valence-electron chi connectivity index (χ1n) is 10.8. The molecule has 1 aromatic rings. The van der Waals surface area contributed by atoms with Crippen LogP contribution in [-0.2, 0) is 16.0 Å². The van der Waals surface area contributed by atoms with Gasteiger partial charge in [0, 0.05) is 24.9 Å². The average molecular weight is 387 g/mol. The van der Waals surface area contributed by atoms with Crippen LogP contribution in [-0.4, -0.2) is 24.9 Å². The fourth-order valence-electron chi connectivity index (χ4n) is 6.15. The van der Waals surface area contributed by atoms with Crippen molar-refractivity contribution in [1.29, 1.82) is 0 Å². The zero-order valence-electron chi connectivity index (χ0n) is 16.5. The summed E-state index contributed by atoms with van der Waals surface area (Å²) < 4.78 is 13.1. The lowest BCUT2D eigenvalue weighted by molar-refractivity contribution is -0.146. The van der Waals surface area contributed by atoms with Crippen LogP contribution in [0.25, 0.3) is 0 Å². The summed E-state index contributed by atoms with van der Waals surface area (Å²) in [4.78, 5) is 24.8. The van der Waals surface area contributed by atoms with Crippen molar-refractivity contribution in [1.82, 2.24) is 10.6 Å². The minimum Gasteiger partial charge on any atom is -0.356 e. The normalized spacial score (nSPS) is 30.2. The first-order chi connectivity index (χ1) is 13.5. The molecule has 2 amide bonds. The number of hydrogen-bond acceptors (Lipinski definition) is 2. The highest BCUT2D eigenvalue weighted by atomic mass is 19.1. The number of carbonyl (C=O) groups is 2. The van der Waals surface area contributed by atoms with Gasteiger partial charge in [0.05, 0.1) is 0 Å². The minimum absolute atomic E-state index is 0.0135. The van der Waals surface area contributed by atoms with Gasteiger partial charge in [-0.15, -0.1) is 0 Å². The first kappa shape index (κ1) is 19.4. The topological polar surface area (TPSA) is 58.2 Å². The molecule has 0 saturated heterocycles. The largest absolute Gasteiger partial charge is 0.356 e. The maximum Gasteiger partial charge on any atom is 0.226 e. The van der Waals surface area contributed by atoms with E-state index in [-0.39, 0.29) is 23.0 Å². The van der Waals surface area contributed by atoms with Gasteiger partial charge in [0.15, 0.2) is 0 Å². The van der Waals surface area contributed by atoms with E-state index in [0.29, 0.717) is 32.4 Å². The van der Waals surface area contributed by atoms with Gasteiger partial charge in [-0.3, -0.25) is 9.59 Å². The summed E-state index contributed by atoms with van der Waals surface area (Å²) in [5.74, 6) is 2.26. The molecular weight excluding hydrogens is 355 g/mol. The predicted octanol–water partition coefficient (Wildman–Crippen LogP) is 3.60. The van der Waals surface area contributed by atoms with Crippen LogP contribution in [0.4, 0.5) is 4.39 Å². The van der Waals surface area contributed by atoms with E-state index in [0.717, 1.165) is 42.6 Å². The molecule has 5 heteroatoms. The molecule has 4 nitrogen and oxygen atoms in total. The molecular formula is C23H31FN2O2. The second-order valence-electron chi connectivity index (χ2n) is 9.29. The Bertz CT molecular complexity index is 698. The Morgan fingerprint density at radius 3 is 2.32 bits per heavy atom. The number of hydrogen-bond donors (Lipinski definition) is 2. The maximum absolute atomic E-state index is 13.1. The van der Waals surface area contributed by atoms with Gasteiger partial charge in [-0.05, 0) is 86.8 Å². The Morgan fingerprint density at radius 2 is 1.68 bits per heavy atom. The number of amides is 2. The predicted molar refractivity (Wildman–Crippen MR) is 106 cm³/mol. The Morgan fingerprint density at radius 1 is 1.00 bits per heavy atom. The van der Waals surface area contributed by atoms with Crippen LogP contribution in [0.2, 0.25) is 0 Å². The van der Waals surface area contributed by atoms with Gasteiger partial charge in [-0.1, -0.05) is 12.1 Å². The van der Waals surface area contributed by atoms with Gasteiger partial charge in [0.2, 0.25) is 11.8 Å². The van der Waals surface area contributed by atoms with Crippen LogP contribution in [0.15, 0.2) is 24.3 Å². The number of halogens is 1. The fraction of sp³-hybridized carbons (Fsp3) is 0.652. The number of carbonyl (C=O) groups excluding carboxylic acids is 2. The third-order valence-corrected chi connectivity index (χ3v) is 7.01. The number of nitrogens with one attached hydrogen (secondary N) is 2. The third-order valence-electron chi connectivity index (χ3n) is 7.01. The molecule has 0 radical (unpaired) electrons. The van der Waals surface area contributed by atoms with Crippen molar-refractivity contribution in [3.8, 4) is 0 Å². The van der Waals surface area contributed by atoms with Gasteiger partial charge in [-0.2, -0.15) is 0 Å². The summed E-state index contributed by atoms with van der Waals surface area (Å²) in [5.41, 5.74) is 0.769. The minimum atomic E-state index is -0.251. The van der Waals surface area contributed by atoms with Gasteiger partial charge >= 0.3 is 0 Å². The highest BCUT2D eigenvalue weighted by Crippen LogP contribution is 2.60. The lowest BCUT2D eigenvalue weighted by atomic mass is 9.49. The monoisotopic (exact) mass is 386 g/mol. The van der Waals surface area contributed by atoms with E-state index < -0.39 is 0 Å². The molecule has 152 valence electrons. The molecule has 1 aromatic carbocycles. The summed E-state index contributed by atoms with van der Waals surface area (Å²) in [5, 5.41) is 6.00. The fourth-order valence-corrected chi connectivity index (χ4v) is 6.15. The van der Waals surface area contributed by atoms with E-state index in [1.807, 2.05) is 6.07 Å². The molecule has 2 N–H and O–H groups in total. The molecule has 0 unspecified atom stereocenters. The van der Waals surface area contributed by atoms with Crippen LogP contribution in [0.3, 0.4) is 0 Å². The van der Waals surface area contributed by atoms with E-state index in [1.165, 1.54) is 31.4 Å². The van der Waals surface area contributed by atoms with Crippen molar-refractivity contribution in [2.24, 2.45) is 23.2 Å². The lowest BCUT2D eigenvalue weighted by Gasteiger charge is -2.55. The molecule has 4 aliphatic rings. The van der Waals surface area contributed by atoms with Crippen LogP contribution < -0.4 is 10.6 Å². The van der Waals surface area contributed by atoms with E-state index in [9.17, 15) is 14.0 Å². The second kappa shape index (κ2) is 8.22. The van der Waals surface area contributed by atoms with Crippen LogP contribution in [0.1, 0.15) is 56.9 Å². The molecule has 0 atom stereocenters. The highest BCUT2D eigenvalue weighted by Gasteiger charge is 2.54. The lowest BCUT2D eigenvalue weighted by Crippen LogP contribution is -2.53. The van der Waals surface area contributed by atoms with Crippen molar-refractivity contribution >= 4 is 11.8 Å². The molecule has 28 heavy (non-hydrogen) atoms. The Hall–Kier alpha value is -1.91. The molecule has 4 fully saturated rings. The van der Waals surface area contributed by atoms with Crippen molar-refractivity contribution in [3.63, 3.8) is 0 Å². The smallest absolute Gasteiger partial charge is 0.226 e. The summed E-state index contributed by atoms with van der Waals surface area (Å²) in [7, 11) is 0. The molecule has 0 heterocycles. The number of rotatable bonds is 8. The Labute approximate surface area is 166 Å². The first-order valence-corrected chi connectivity index (χ1v) is 10.8. The Kier molecular flexibility index (Phi) is 5.70. The summed E-state index contributed by atoms with van der Waals surface area (Å²) >= 11 is 0. The molecule has 4 aliphatic carbocycles. The molecule has 0 spiro atoms. The van der Waals surface area contributed by atoms with E-state index >= 15 is 0 Å². The average Bonchev–Trinajstić information content (AvgIpc) is 2.64. The summed E-state index contributed by atoms with van der Waals surface area (Å²) in [6.45, 7) is 1.07. The zero-order valence-corrected chi connectivity index (χ0v) is 16.5. The van der Waals surface area contributed by atoms with Crippen molar-refractivity contribution in [2.45, 2.75) is 57.8 Å². The zero-order chi connectivity index (χ0) is 19.6. The molecule has 0 aliphatic heterocycles. The standard InChI is InChI=1S/C23H31FN2O2/c24-20-4-1-3-16(12-20)6-8-25-21(27)5-2-7-26-22(28)23-13-17-9-18(14-23)11-19(10-17)15-23/h1,3-4,12,17-19H,2,5-11,13-15H2,(H,25,27)(H,26,28). The van der Waals surface area contributed by atoms with Gasteiger partial charge in [-0.25, -0.2) is 4.39 Å². The maximum atomic E-state index is 13.1.